The molecule has 3 aromatic rings. The quantitative estimate of drug-likeness (QED) is 0.439. The number of primary amides is 1. The SMILES string of the molecule is NC(=O)c1ccc(OC(=O)Cc2ccccc2Nc2c(Cl)cccc2Cl)cc1. The molecular weight excluding hydrogens is 399 g/mol. The van der Waals surface area contributed by atoms with Gasteiger partial charge in [-0.2, -0.15) is 0 Å². The van der Waals surface area contributed by atoms with E-state index < -0.39 is 11.9 Å². The number of rotatable bonds is 6. The van der Waals surface area contributed by atoms with Crippen LogP contribution in [-0.2, 0) is 11.2 Å². The maximum absolute atomic E-state index is 12.3. The van der Waals surface area contributed by atoms with Gasteiger partial charge < -0.3 is 15.8 Å². The molecule has 0 saturated heterocycles. The van der Waals surface area contributed by atoms with E-state index in [1.54, 1.807) is 18.2 Å². The molecule has 0 bridgehead atoms. The first kappa shape index (κ1) is 19.7. The van der Waals surface area contributed by atoms with Gasteiger partial charge in [0.05, 0.1) is 22.2 Å². The summed E-state index contributed by atoms with van der Waals surface area (Å²) in [5.74, 6) is -0.669. The zero-order chi connectivity index (χ0) is 20.1. The van der Waals surface area contributed by atoms with Crippen molar-refractivity contribution in [3.8, 4) is 5.75 Å². The van der Waals surface area contributed by atoms with Gasteiger partial charge in [0.2, 0.25) is 5.91 Å². The van der Waals surface area contributed by atoms with Crippen LogP contribution < -0.4 is 15.8 Å². The van der Waals surface area contributed by atoms with E-state index in [4.69, 9.17) is 33.7 Å². The van der Waals surface area contributed by atoms with Gasteiger partial charge in [-0.1, -0.05) is 47.5 Å². The standard InChI is InChI=1S/C21H16Cl2N2O3/c22-16-5-3-6-17(23)20(16)25-18-7-2-1-4-14(18)12-19(26)28-15-10-8-13(9-11-15)21(24)27/h1-11,25H,12H2,(H2,24,27). The maximum Gasteiger partial charge on any atom is 0.315 e. The van der Waals surface area contributed by atoms with Crippen molar-refractivity contribution in [2.24, 2.45) is 5.73 Å². The van der Waals surface area contributed by atoms with Gasteiger partial charge in [0.25, 0.3) is 0 Å². The van der Waals surface area contributed by atoms with Crippen LogP contribution in [0.25, 0.3) is 0 Å². The fourth-order valence-corrected chi connectivity index (χ4v) is 3.05. The fraction of sp³-hybridized carbons (Fsp3) is 0.0476. The Morgan fingerprint density at radius 2 is 1.54 bits per heavy atom. The van der Waals surface area contributed by atoms with E-state index in [0.29, 0.717) is 32.7 Å². The van der Waals surface area contributed by atoms with Gasteiger partial charge in [0.15, 0.2) is 0 Å². The monoisotopic (exact) mass is 414 g/mol. The number of nitrogens with one attached hydrogen (secondary N) is 1. The van der Waals surface area contributed by atoms with E-state index in [2.05, 4.69) is 5.32 Å². The van der Waals surface area contributed by atoms with E-state index in [-0.39, 0.29) is 6.42 Å². The first-order valence-corrected chi connectivity index (χ1v) is 9.09. The topological polar surface area (TPSA) is 81.4 Å². The fourth-order valence-electron chi connectivity index (χ4n) is 2.56. The van der Waals surface area contributed by atoms with Crippen LogP contribution in [0.1, 0.15) is 15.9 Å². The summed E-state index contributed by atoms with van der Waals surface area (Å²) < 4.78 is 5.33. The number of ether oxygens (including phenoxy) is 1. The summed E-state index contributed by atoms with van der Waals surface area (Å²) in [6.45, 7) is 0. The van der Waals surface area contributed by atoms with Crippen molar-refractivity contribution in [3.63, 3.8) is 0 Å². The first-order valence-electron chi connectivity index (χ1n) is 8.33. The maximum atomic E-state index is 12.3. The molecule has 28 heavy (non-hydrogen) atoms. The number of nitrogens with two attached hydrogens (primary N) is 1. The van der Waals surface area contributed by atoms with Gasteiger partial charge in [0.1, 0.15) is 5.75 Å². The number of halogens is 2. The zero-order valence-corrected chi connectivity index (χ0v) is 16.1. The summed E-state index contributed by atoms with van der Waals surface area (Å²) in [5, 5.41) is 4.12. The Morgan fingerprint density at radius 1 is 0.893 bits per heavy atom. The third kappa shape index (κ3) is 4.82. The zero-order valence-electron chi connectivity index (χ0n) is 14.6. The second-order valence-corrected chi connectivity index (χ2v) is 6.73. The minimum atomic E-state index is -0.545. The predicted octanol–water partition coefficient (Wildman–Crippen LogP) is 4.98. The van der Waals surface area contributed by atoms with Crippen molar-refractivity contribution < 1.29 is 14.3 Å². The van der Waals surface area contributed by atoms with E-state index in [1.807, 2.05) is 24.3 Å². The molecule has 0 spiro atoms. The van der Waals surface area contributed by atoms with Gasteiger partial charge >= 0.3 is 5.97 Å². The van der Waals surface area contributed by atoms with E-state index in [1.165, 1.54) is 24.3 Å². The summed E-state index contributed by atoms with van der Waals surface area (Å²) in [5.41, 5.74) is 7.51. The van der Waals surface area contributed by atoms with Gasteiger partial charge in [-0.3, -0.25) is 9.59 Å². The lowest BCUT2D eigenvalue weighted by atomic mass is 10.1. The Labute approximate surface area is 172 Å². The molecule has 0 heterocycles. The average Bonchev–Trinajstić information content (AvgIpc) is 2.66. The van der Waals surface area contributed by atoms with Crippen LogP contribution in [-0.4, -0.2) is 11.9 Å². The molecule has 0 aromatic heterocycles. The van der Waals surface area contributed by atoms with Crippen LogP contribution in [0, 0.1) is 0 Å². The minimum absolute atomic E-state index is 0.0306. The van der Waals surface area contributed by atoms with Crippen molar-refractivity contribution >= 4 is 46.5 Å². The third-order valence-corrected chi connectivity index (χ3v) is 4.58. The Balaban J connectivity index is 1.74. The lowest BCUT2D eigenvalue weighted by Crippen LogP contribution is -2.13. The highest BCUT2D eigenvalue weighted by atomic mass is 35.5. The molecule has 0 unspecified atom stereocenters. The summed E-state index contributed by atoms with van der Waals surface area (Å²) >= 11 is 12.4. The second-order valence-electron chi connectivity index (χ2n) is 5.92. The molecule has 0 atom stereocenters. The second kappa shape index (κ2) is 8.78. The van der Waals surface area contributed by atoms with Crippen molar-refractivity contribution in [1.82, 2.24) is 0 Å². The summed E-state index contributed by atoms with van der Waals surface area (Å²) in [7, 11) is 0. The van der Waals surface area contributed by atoms with Gasteiger partial charge in [-0.25, -0.2) is 0 Å². The summed E-state index contributed by atoms with van der Waals surface area (Å²) in [6, 6.07) is 18.5. The number of carbonyl (C=O) groups is 2. The molecule has 0 aliphatic rings. The number of hydrogen-bond donors (Lipinski definition) is 2. The number of hydrogen-bond acceptors (Lipinski definition) is 4. The molecule has 0 saturated carbocycles. The number of esters is 1. The van der Waals surface area contributed by atoms with E-state index >= 15 is 0 Å². The molecule has 3 N–H and O–H groups in total. The summed E-state index contributed by atoms with van der Waals surface area (Å²) in [6.07, 6.45) is 0.0306. The Bertz CT molecular complexity index is 1000. The molecule has 3 rings (SSSR count). The smallest absolute Gasteiger partial charge is 0.315 e. The van der Waals surface area contributed by atoms with Crippen molar-refractivity contribution in [1.29, 1.82) is 0 Å². The number of benzene rings is 3. The number of amides is 1. The molecule has 0 aliphatic heterocycles. The Morgan fingerprint density at radius 3 is 2.18 bits per heavy atom. The third-order valence-electron chi connectivity index (χ3n) is 3.95. The molecule has 142 valence electrons. The van der Waals surface area contributed by atoms with Crippen LogP contribution in [0.5, 0.6) is 5.75 Å². The van der Waals surface area contributed by atoms with Crippen LogP contribution >= 0.6 is 23.2 Å². The molecule has 0 aliphatic carbocycles. The van der Waals surface area contributed by atoms with Crippen LogP contribution in [0.4, 0.5) is 11.4 Å². The number of para-hydroxylation sites is 2. The molecule has 0 fully saturated rings. The normalized spacial score (nSPS) is 10.4. The lowest BCUT2D eigenvalue weighted by Gasteiger charge is -2.14. The highest BCUT2D eigenvalue weighted by molar-refractivity contribution is 6.39. The molecule has 7 heteroatoms. The average molecular weight is 415 g/mol. The van der Waals surface area contributed by atoms with E-state index in [0.717, 1.165) is 5.56 Å². The van der Waals surface area contributed by atoms with Gasteiger partial charge in [-0.15, -0.1) is 0 Å². The molecular formula is C21H16Cl2N2O3. The van der Waals surface area contributed by atoms with Crippen molar-refractivity contribution in [3.05, 3.63) is 87.9 Å². The molecule has 1 amide bonds. The molecule has 0 radical (unpaired) electrons. The first-order chi connectivity index (χ1) is 13.4. The molecule has 3 aromatic carbocycles. The number of anilines is 2. The minimum Gasteiger partial charge on any atom is -0.426 e. The summed E-state index contributed by atoms with van der Waals surface area (Å²) in [4.78, 5) is 23.4. The largest absolute Gasteiger partial charge is 0.426 e. The molecule has 5 nitrogen and oxygen atoms in total. The van der Waals surface area contributed by atoms with Crippen LogP contribution in [0.3, 0.4) is 0 Å². The highest BCUT2D eigenvalue weighted by Gasteiger charge is 2.13. The highest BCUT2D eigenvalue weighted by Crippen LogP contribution is 2.33. The number of carbonyl (C=O) groups excluding carboxylic acids is 2. The Hall–Kier alpha value is -3.02. The van der Waals surface area contributed by atoms with Gasteiger partial charge in [0, 0.05) is 11.3 Å². The Kier molecular flexibility index (Phi) is 6.19. The van der Waals surface area contributed by atoms with Crippen LogP contribution in [0.15, 0.2) is 66.7 Å². The van der Waals surface area contributed by atoms with E-state index in [9.17, 15) is 9.59 Å². The van der Waals surface area contributed by atoms with Crippen molar-refractivity contribution in [2.45, 2.75) is 6.42 Å². The van der Waals surface area contributed by atoms with Crippen LogP contribution in [0.2, 0.25) is 10.0 Å². The predicted molar refractivity (Wildman–Crippen MR) is 110 cm³/mol. The van der Waals surface area contributed by atoms with Gasteiger partial charge in [-0.05, 0) is 48.0 Å². The van der Waals surface area contributed by atoms with Crippen molar-refractivity contribution in [2.75, 3.05) is 5.32 Å². The lowest BCUT2D eigenvalue weighted by molar-refractivity contribution is -0.133.